The van der Waals surface area contributed by atoms with Crippen molar-refractivity contribution in [2.75, 3.05) is 5.32 Å². The van der Waals surface area contributed by atoms with Crippen LogP contribution in [0.15, 0.2) is 59.2 Å². The summed E-state index contributed by atoms with van der Waals surface area (Å²) in [6, 6.07) is 11.9. The molecule has 33 heavy (non-hydrogen) atoms. The molecule has 0 bridgehead atoms. The number of anilines is 1. The van der Waals surface area contributed by atoms with Gasteiger partial charge in [-0.05, 0) is 55.5 Å². The number of ether oxygens (including phenoxy) is 1. The molecule has 0 aliphatic carbocycles. The van der Waals surface area contributed by atoms with E-state index in [0.29, 0.717) is 16.5 Å². The number of hydrogen-bond acceptors (Lipinski definition) is 6. The van der Waals surface area contributed by atoms with Crippen LogP contribution in [-0.4, -0.2) is 34.7 Å². The van der Waals surface area contributed by atoms with Crippen molar-refractivity contribution in [3.8, 4) is 0 Å². The van der Waals surface area contributed by atoms with Gasteiger partial charge in [0.25, 0.3) is 17.7 Å². The van der Waals surface area contributed by atoms with Crippen LogP contribution >= 0.6 is 23.2 Å². The van der Waals surface area contributed by atoms with E-state index in [-0.39, 0.29) is 28.3 Å². The Balaban J connectivity index is 1.44. The molecule has 3 amide bonds. The van der Waals surface area contributed by atoms with Gasteiger partial charge in [-0.2, -0.15) is 0 Å². The molecule has 1 aliphatic heterocycles. The zero-order valence-electron chi connectivity index (χ0n) is 17.1. The molecule has 1 aliphatic rings. The zero-order valence-corrected chi connectivity index (χ0v) is 18.6. The van der Waals surface area contributed by atoms with E-state index in [0.717, 1.165) is 4.90 Å². The first kappa shape index (κ1) is 22.6. The predicted molar refractivity (Wildman–Crippen MR) is 119 cm³/mol. The first-order valence-corrected chi connectivity index (χ1v) is 10.5. The molecule has 0 fully saturated rings. The third kappa shape index (κ3) is 4.62. The van der Waals surface area contributed by atoms with Crippen molar-refractivity contribution in [2.24, 2.45) is 0 Å². The zero-order chi connectivity index (χ0) is 23.7. The van der Waals surface area contributed by atoms with Crippen LogP contribution in [0.1, 0.15) is 43.8 Å². The molecular formula is C23H16Cl2N2O6. The molecule has 1 N–H and O–H groups in total. The summed E-state index contributed by atoms with van der Waals surface area (Å²) in [5.41, 5.74) is 0.587. The molecule has 4 rings (SSSR count). The fourth-order valence-electron chi connectivity index (χ4n) is 3.23. The van der Waals surface area contributed by atoms with Crippen molar-refractivity contribution in [3.05, 3.63) is 87.3 Å². The number of benzene rings is 2. The topological polar surface area (TPSA) is 106 Å². The lowest BCUT2D eigenvalue weighted by atomic mass is 10.1. The van der Waals surface area contributed by atoms with Crippen LogP contribution < -0.4 is 5.32 Å². The highest BCUT2D eigenvalue weighted by Gasteiger charge is 2.36. The number of halogens is 2. The number of rotatable bonds is 6. The Morgan fingerprint density at radius 1 is 1.06 bits per heavy atom. The van der Waals surface area contributed by atoms with Crippen molar-refractivity contribution >= 4 is 52.6 Å². The summed E-state index contributed by atoms with van der Waals surface area (Å²) in [4.78, 5) is 51.3. The molecule has 168 valence electrons. The molecule has 2 heterocycles. The molecule has 2 aromatic carbocycles. The molecule has 8 nitrogen and oxygen atoms in total. The minimum absolute atomic E-state index is 0.0242. The van der Waals surface area contributed by atoms with Gasteiger partial charge in [-0.3, -0.25) is 19.3 Å². The molecule has 3 aromatic rings. The summed E-state index contributed by atoms with van der Waals surface area (Å²) in [6.07, 6.45) is 0.282. The van der Waals surface area contributed by atoms with Gasteiger partial charge in [0.05, 0.1) is 40.2 Å². The minimum atomic E-state index is -1.16. The Kier molecular flexibility index (Phi) is 6.22. The largest absolute Gasteiger partial charge is 0.467 e. The second-order valence-corrected chi connectivity index (χ2v) is 8.04. The molecule has 0 spiro atoms. The fourth-order valence-corrected chi connectivity index (χ4v) is 3.68. The van der Waals surface area contributed by atoms with Crippen molar-refractivity contribution in [3.63, 3.8) is 0 Å². The van der Waals surface area contributed by atoms with Crippen molar-refractivity contribution in [1.29, 1.82) is 0 Å². The third-order valence-electron chi connectivity index (χ3n) is 4.94. The third-order valence-corrected chi connectivity index (χ3v) is 5.49. The SMILES string of the molecule is CC(OC(=O)c1ccc2c(c1)C(=O)N(Cc1ccco1)C2=O)C(=O)Nc1ccc(Cl)cc1Cl. The Labute approximate surface area is 198 Å². The van der Waals surface area contributed by atoms with E-state index in [4.69, 9.17) is 32.4 Å². The molecule has 10 heteroatoms. The average Bonchev–Trinajstić information content (AvgIpc) is 3.38. The van der Waals surface area contributed by atoms with E-state index in [1.165, 1.54) is 43.5 Å². The number of fused-ring (bicyclic) bond motifs is 1. The lowest BCUT2D eigenvalue weighted by molar-refractivity contribution is -0.123. The predicted octanol–water partition coefficient (Wildman–Crippen LogP) is 4.57. The lowest BCUT2D eigenvalue weighted by Gasteiger charge is -2.14. The van der Waals surface area contributed by atoms with Gasteiger partial charge in [0.2, 0.25) is 0 Å². The Morgan fingerprint density at radius 3 is 2.52 bits per heavy atom. The van der Waals surface area contributed by atoms with Gasteiger partial charge in [-0.1, -0.05) is 23.2 Å². The van der Waals surface area contributed by atoms with Crippen LogP contribution in [0.5, 0.6) is 0 Å². The molecule has 0 saturated carbocycles. The van der Waals surface area contributed by atoms with Crippen LogP contribution in [-0.2, 0) is 16.1 Å². The molecule has 1 unspecified atom stereocenters. The van der Waals surface area contributed by atoms with Gasteiger partial charge in [-0.25, -0.2) is 4.79 Å². The number of imide groups is 1. The standard InChI is InChI=1S/C23H16Cl2N2O6/c1-12(20(28)26-19-7-5-14(24)10-18(19)25)33-23(31)13-4-6-16-17(9-13)22(30)27(21(16)29)11-15-3-2-8-32-15/h2-10,12H,11H2,1H3,(H,26,28). The summed E-state index contributed by atoms with van der Waals surface area (Å²) in [5.74, 6) is -2.02. The van der Waals surface area contributed by atoms with E-state index in [1.54, 1.807) is 18.2 Å². The molecule has 1 atom stereocenters. The Morgan fingerprint density at radius 2 is 1.82 bits per heavy atom. The molecule has 0 radical (unpaired) electrons. The highest BCUT2D eigenvalue weighted by atomic mass is 35.5. The van der Waals surface area contributed by atoms with Gasteiger partial charge in [0, 0.05) is 5.02 Å². The van der Waals surface area contributed by atoms with Crippen molar-refractivity contribution in [2.45, 2.75) is 19.6 Å². The summed E-state index contributed by atoms with van der Waals surface area (Å²) >= 11 is 11.9. The van der Waals surface area contributed by atoms with Crippen molar-refractivity contribution < 1.29 is 28.3 Å². The van der Waals surface area contributed by atoms with E-state index >= 15 is 0 Å². The second-order valence-electron chi connectivity index (χ2n) is 7.20. The van der Waals surface area contributed by atoms with Gasteiger partial charge in [-0.15, -0.1) is 0 Å². The van der Waals surface area contributed by atoms with Crippen LogP contribution in [0, 0.1) is 0 Å². The van der Waals surface area contributed by atoms with Crippen LogP contribution in [0.4, 0.5) is 5.69 Å². The van der Waals surface area contributed by atoms with Gasteiger partial charge in [0.15, 0.2) is 6.10 Å². The molecule has 1 aromatic heterocycles. The summed E-state index contributed by atoms with van der Waals surface area (Å²) < 4.78 is 10.4. The molecule has 0 saturated heterocycles. The number of hydrogen-bond donors (Lipinski definition) is 1. The van der Waals surface area contributed by atoms with Gasteiger partial charge in [0.1, 0.15) is 5.76 Å². The highest BCUT2D eigenvalue weighted by Crippen LogP contribution is 2.27. The van der Waals surface area contributed by atoms with E-state index in [1.807, 2.05) is 0 Å². The number of furan rings is 1. The van der Waals surface area contributed by atoms with Crippen LogP contribution in [0.2, 0.25) is 10.0 Å². The van der Waals surface area contributed by atoms with Gasteiger partial charge >= 0.3 is 5.97 Å². The fraction of sp³-hybridized carbons (Fsp3) is 0.130. The number of nitrogens with one attached hydrogen (secondary N) is 1. The minimum Gasteiger partial charge on any atom is -0.467 e. The number of amides is 3. The first-order valence-electron chi connectivity index (χ1n) is 9.74. The summed E-state index contributed by atoms with van der Waals surface area (Å²) in [6.45, 7) is 1.37. The number of carbonyl (C=O) groups excluding carboxylic acids is 4. The quantitative estimate of drug-likeness (QED) is 0.404. The summed E-state index contributed by atoms with van der Waals surface area (Å²) in [7, 11) is 0. The number of carbonyl (C=O) groups is 4. The highest BCUT2D eigenvalue weighted by molar-refractivity contribution is 6.36. The normalized spacial score (nSPS) is 13.6. The number of esters is 1. The number of nitrogens with zero attached hydrogens (tertiary/aromatic N) is 1. The van der Waals surface area contributed by atoms with Crippen LogP contribution in [0.25, 0.3) is 0 Å². The average molecular weight is 487 g/mol. The Hall–Kier alpha value is -3.62. The maximum atomic E-state index is 12.7. The lowest BCUT2D eigenvalue weighted by Crippen LogP contribution is -2.30. The monoisotopic (exact) mass is 486 g/mol. The maximum absolute atomic E-state index is 12.7. The van der Waals surface area contributed by atoms with Crippen molar-refractivity contribution in [1.82, 2.24) is 4.90 Å². The smallest absolute Gasteiger partial charge is 0.338 e. The Bertz CT molecular complexity index is 1270. The summed E-state index contributed by atoms with van der Waals surface area (Å²) in [5, 5.41) is 3.19. The van der Waals surface area contributed by atoms with E-state index in [9.17, 15) is 19.2 Å². The van der Waals surface area contributed by atoms with E-state index in [2.05, 4.69) is 5.32 Å². The first-order chi connectivity index (χ1) is 15.7. The van der Waals surface area contributed by atoms with E-state index < -0.39 is 29.8 Å². The maximum Gasteiger partial charge on any atom is 0.338 e. The molecular weight excluding hydrogens is 471 g/mol. The second kappa shape index (κ2) is 9.09. The van der Waals surface area contributed by atoms with Gasteiger partial charge < -0.3 is 14.5 Å². The van der Waals surface area contributed by atoms with Crippen LogP contribution in [0.3, 0.4) is 0 Å².